The lowest BCUT2D eigenvalue weighted by Crippen LogP contribution is -2.19. The lowest BCUT2D eigenvalue weighted by Gasteiger charge is -2.21. The maximum absolute atomic E-state index is 12.9. The molecular weight excluding hydrogens is 245 g/mol. The van der Waals surface area contributed by atoms with Crippen LogP contribution in [0.25, 0.3) is 0 Å². The molecule has 0 bridgehead atoms. The highest BCUT2D eigenvalue weighted by atomic mass is 19.1. The second kappa shape index (κ2) is 5.84. The van der Waals surface area contributed by atoms with E-state index in [4.69, 9.17) is 0 Å². The highest BCUT2D eigenvalue weighted by Crippen LogP contribution is 2.21. The van der Waals surface area contributed by atoms with Crippen LogP contribution in [0.1, 0.15) is 31.6 Å². The Morgan fingerprint density at radius 2 is 2.00 bits per heavy atom. The molecule has 1 aromatic carbocycles. The molecular formula is C14H18FN3O. The van der Waals surface area contributed by atoms with E-state index in [1.54, 1.807) is 24.7 Å². The molecule has 5 heteroatoms. The summed E-state index contributed by atoms with van der Waals surface area (Å²) in [6.07, 6.45) is 3.48. The molecule has 1 heterocycles. The summed E-state index contributed by atoms with van der Waals surface area (Å²) in [5, 5.41) is 12.7. The van der Waals surface area contributed by atoms with Crippen LogP contribution < -0.4 is 5.32 Å². The number of nitrogens with zero attached hydrogens (tertiary/aromatic N) is 2. The first-order valence-electron chi connectivity index (χ1n) is 6.26. The third-order valence-electron chi connectivity index (χ3n) is 2.98. The van der Waals surface area contributed by atoms with Crippen LogP contribution >= 0.6 is 0 Å². The predicted molar refractivity (Wildman–Crippen MR) is 72.5 cm³/mol. The summed E-state index contributed by atoms with van der Waals surface area (Å²) >= 11 is 0. The molecule has 0 radical (unpaired) electrons. The molecule has 0 aliphatic carbocycles. The zero-order valence-electron chi connectivity index (χ0n) is 11.0. The summed E-state index contributed by atoms with van der Waals surface area (Å²) < 4.78 is 14.9. The van der Waals surface area contributed by atoms with E-state index in [0.717, 1.165) is 11.4 Å². The monoisotopic (exact) mass is 263 g/mol. The largest absolute Gasteiger partial charge is 0.394 e. The standard InChI is InChI=1S/C14H18FN3O/c1-10(2)18-9-16-7-14(18)13(8-19)17-12-5-3-11(15)4-6-12/h3-7,9-10,13,17,19H,8H2,1-2H3. The van der Waals surface area contributed by atoms with Crippen molar-refractivity contribution in [1.82, 2.24) is 9.55 Å². The van der Waals surface area contributed by atoms with E-state index in [9.17, 15) is 9.50 Å². The van der Waals surface area contributed by atoms with E-state index in [2.05, 4.69) is 24.1 Å². The fraction of sp³-hybridized carbons (Fsp3) is 0.357. The van der Waals surface area contributed by atoms with Crippen LogP contribution in [0, 0.1) is 5.82 Å². The van der Waals surface area contributed by atoms with Gasteiger partial charge in [0, 0.05) is 11.7 Å². The fourth-order valence-electron chi connectivity index (χ4n) is 1.98. The number of rotatable bonds is 5. The fourth-order valence-corrected chi connectivity index (χ4v) is 1.98. The molecule has 0 saturated carbocycles. The second-order valence-corrected chi connectivity index (χ2v) is 4.71. The van der Waals surface area contributed by atoms with Gasteiger partial charge in [-0.1, -0.05) is 0 Å². The van der Waals surface area contributed by atoms with Gasteiger partial charge in [-0.15, -0.1) is 0 Å². The molecule has 2 rings (SSSR count). The highest BCUT2D eigenvalue weighted by Gasteiger charge is 2.16. The molecule has 0 aliphatic rings. The highest BCUT2D eigenvalue weighted by molar-refractivity contribution is 5.44. The van der Waals surface area contributed by atoms with Crippen molar-refractivity contribution in [3.8, 4) is 0 Å². The van der Waals surface area contributed by atoms with Crippen LogP contribution in [0.3, 0.4) is 0 Å². The van der Waals surface area contributed by atoms with Crippen LogP contribution in [0.5, 0.6) is 0 Å². The summed E-state index contributed by atoms with van der Waals surface area (Å²) in [6, 6.07) is 6.06. The number of benzene rings is 1. The molecule has 0 fully saturated rings. The van der Waals surface area contributed by atoms with Gasteiger partial charge in [0.2, 0.25) is 0 Å². The number of aromatic nitrogens is 2. The van der Waals surface area contributed by atoms with E-state index in [1.807, 2.05) is 4.57 Å². The van der Waals surface area contributed by atoms with Crippen LogP contribution in [0.15, 0.2) is 36.8 Å². The lowest BCUT2D eigenvalue weighted by molar-refractivity contribution is 0.271. The molecule has 0 amide bonds. The maximum Gasteiger partial charge on any atom is 0.123 e. The minimum atomic E-state index is -0.279. The summed E-state index contributed by atoms with van der Waals surface area (Å²) in [5.41, 5.74) is 1.67. The third-order valence-corrected chi connectivity index (χ3v) is 2.98. The van der Waals surface area contributed by atoms with Gasteiger partial charge >= 0.3 is 0 Å². The molecule has 4 nitrogen and oxygen atoms in total. The van der Waals surface area contributed by atoms with Crippen molar-refractivity contribution in [2.45, 2.75) is 25.9 Å². The van der Waals surface area contributed by atoms with Gasteiger partial charge in [0.25, 0.3) is 0 Å². The van der Waals surface area contributed by atoms with Gasteiger partial charge in [-0.2, -0.15) is 0 Å². The van der Waals surface area contributed by atoms with Crippen LogP contribution in [0.2, 0.25) is 0 Å². The van der Waals surface area contributed by atoms with E-state index < -0.39 is 0 Å². The smallest absolute Gasteiger partial charge is 0.123 e. The Hall–Kier alpha value is -1.88. The number of anilines is 1. The summed E-state index contributed by atoms with van der Waals surface area (Å²) in [6.45, 7) is 4.05. The normalized spacial score (nSPS) is 12.7. The van der Waals surface area contributed by atoms with Gasteiger partial charge in [-0.25, -0.2) is 9.37 Å². The van der Waals surface area contributed by atoms with Gasteiger partial charge in [0.05, 0.1) is 30.9 Å². The van der Waals surface area contributed by atoms with Crippen LogP contribution in [-0.2, 0) is 0 Å². The lowest BCUT2D eigenvalue weighted by atomic mass is 10.2. The Kier molecular flexibility index (Phi) is 4.16. The number of hydrogen-bond acceptors (Lipinski definition) is 3. The zero-order valence-corrected chi connectivity index (χ0v) is 11.0. The summed E-state index contributed by atoms with van der Waals surface area (Å²) in [7, 11) is 0. The first-order valence-corrected chi connectivity index (χ1v) is 6.26. The minimum absolute atomic E-state index is 0.0597. The van der Waals surface area contributed by atoms with Crippen molar-refractivity contribution in [1.29, 1.82) is 0 Å². The van der Waals surface area contributed by atoms with Crippen molar-refractivity contribution in [2.75, 3.05) is 11.9 Å². The molecule has 19 heavy (non-hydrogen) atoms. The van der Waals surface area contributed by atoms with Gasteiger partial charge in [0.1, 0.15) is 5.82 Å². The summed E-state index contributed by atoms with van der Waals surface area (Å²) in [4.78, 5) is 4.12. The molecule has 2 aromatic rings. The number of aliphatic hydroxyl groups excluding tert-OH is 1. The van der Waals surface area contributed by atoms with E-state index in [1.165, 1.54) is 12.1 Å². The number of halogens is 1. The first kappa shape index (κ1) is 13.5. The average molecular weight is 263 g/mol. The van der Waals surface area contributed by atoms with Crippen LogP contribution in [-0.4, -0.2) is 21.3 Å². The zero-order chi connectivity index (χ0) is 13.8. The first-order chi connectivity index (χ1) is 9.11. The molecule has 0 aliphatic heterocycles. The molecule has 1 aromatic heterocycles. The number of aliphatic hydroxyl groups is 1. The number of nitrogens with one attached hydrogen (secondary N) is 1. The molecule has 0 spiro atoms. The SMILES string of the molecule is CC(C)n1cncc1C(CO)Nc1ccc(F)cc1. The Balaban J connectivity index is 2.20. The predicted octanol–water partition coefficient (Wildman–Crippen LogP) is 2.75. The Morgan fingerprint density at radius 3 is 2.58 bits per heavy atom. The molecule has 1 unspecified atom stereocenters. The maximum atomic E-state index is 12.9. The van der Waals surface area contributed by atoms with Crippen molar-refractivity contribution in [3.63, 3.8) is 0 Å². The Morgan fingerprint density at radius 1 is 1.32 bits per heavy atom. The van der Waals surface area contributed by atoms with E-state index in [0.29, 0.717) is 0 Å². The van der Waals surface area contributed by atoms with Crippen molar-refractivity contribution >= 4 is 5.69 Å². The van der Waals surface area contributed by atoms with Crippen molar-refractivity contribution in [2.24, 2.45) is 0 Å². The quantitative estimate of drug-likeness (QED) is 0.872. The van der Waals surface area contributed by atoms with E-state index >= 15 is 0 Å². The van der Waals surface area contributed by atoms with Crippen molar-refractivity contribution < 1.29 is 9.50 Å². The van der Waals surface area contributed by atoms with E-state index in [-0.39, 0.29) is 24.5 Å². The third kappa shape index (κ3) is 3.12. The Bertz CT molecular complexity index is 522. The Labute approximate surface area is 111 Å². The van der Waals surface area contributed by atoms with Gasteiger partial charge < -0.3 is 15.0 Å². The number of hydrogen-bond donors (Lipinski definition) is 2. The second-order valence-electron chi connectivity index (χ2n) is 4.71. The molecule has 0 saturated heterocycles. The summed E-state index contributed by atoms with van der Waals surface area (Å²) in [5.74, 6) is -0.279. The van der Waals surface area contributed by atoms with Gasteiger partial charge in [-0.05, 0) is 38.1 Å². The average Bonchev–Trinajstić information content (AvgIpc) is 2.87. The molecule has 1 atom stereocenters. The van der Waals surface area contributed by atoms with Gasteiger partial charge in [-0.3, -0.25) is 0 Å². The number of imidazole rings is 1. The molecule has 102 valence electrons. The molecule has 2 N–H and O–H groups in total. The topological polar surface area (TPSA) is 50.1 Å². The van der Waals surface area contributed by atoms with Crippen LogP contribution in [0.4, 0.5) is 10.1 Å². The van der Waals surface area contributed by atoms with Crippen molar-refractivity contribution in [3.05, 3.63) is 48.3 Å². The minimum Gasteiger partial charge on any atom is -0.394 e. The van der Waals surface area contributed by atoms with Gasteiger partial charge in [0.15, 0.2) is 0 Å².